The zero-order valence-corrected chi connectivity index (χ0v) is 30.5. The zero-order valence-electron chi connectivity index (χ0n) is 30.5. The second-order valence-corrected chi connectivity index (χ2v) is 14.7. The number of amides is 3. The fraction of sp³-hybridized carbons (Fsp3) is 0.650. The Morgan fingerprint density at radius 1 is 1.14 bits per heavy atom. The second-order valence-electron chi connectivity index (χ2n) is 14.7. The molecule has 5 rings (SSSR count). The van der Waals surface area contributed by atoms with Crippen molar-refractivity contribution in [1.29, 1.82) is 0 Å². The molecule has 1 aromatic rings. The SMILES string of the molecule is C=CCCC(=O)N[C@H](COC)[C@H](OC(=O)[C@@H]1[C@H]2C(=O)N([C@@H](CO)[C@@H](C)CC)[C@H](C(=O)N(CC=C)C3CCCCC3)[C@]23CC[C@H]1O3)c1ccccc1. The first-order valence-corrected chi connectivity index (χ1v) is 18.8. The number of aliphatic hydroxyl groups excluding tert-OH is 1. The molecule has 1 aliphatic carbocycles. The molecule has 4 aliphatic rings. The molecule has 2 bridgehead atoms. The molecule has 3 aliphatic heterocycles. The van der Waals surface area contributed by atoms with Gasteiger partial charge in [-0.05, 0) is 43.6 Å². The minimum atomic E-state index is -1.25. The van der Waals surface area contributed by atoms with Crippen LogP contribution in [-0.4, -0.2) is 101 Å². The minimum absolute atomic E-state index is 0.0123. The number of rotatable bonds is 18. The summed E-state index contributed by atoms with van der Waals surface area (Å²) < 4.78 is 18.6. The number of aliphatic hydroxyl groups is 1. The molecule has 0 aromatic heterocycles. The van der Waals surface area contributed by atoms with Crippen LogP contribution in [0.4, 0.5) is 0 Å². The van der Waals surface area contributed by atoms with E-state index in [9.17, 15) is 24.3 Å². The maximum absolute atomic E-state index is 15.0. The highest BCUT2D eigenvalue weighted by molar-refractivity contribution is 5.98. The van der Waals surface area contributed by atoms with Gasteiger partial charge >= 0.3 is 5.97 Å². The van der Waals surface area contributed by atoms with Crippen molar-refractivity contribution in [2.75, 3.05) is 26.9 Å². The molecular formula is C40H57N3O8. The number of carbonyl (C=O) groups excluding carboxylic acids is 4. The summed E-state index contributed by atoms with van der Waals surface area (Å²) in [5.74, 6) is -3.48. The first-order chi connectivity index (χ1) is 24.7. The van der Waals surface area contributed by atoms with Crippen molar-refractivity contribution in [3.8, 4) is 0 Å². The predicted octanol–water partition coefficient (Wildman–Crippen LogP) is 4.50. The molecule has 3 amide bonds. The van der Waals surface area contributed by atoms with Gasteiger partial charge in [-0.3, -0.25) is 19.2 Å². The Bertz CT molecular complexity index is 1400. The van der Waals surface area contributed by atoms with Crippen LogP contribution in [0.1, 0.15) is 89.7 Å². The average Bonchev–Trinajstić information content (AvgIpc) is 3.80. The van der Waals surface area contributed by atoms with Crippen molar-refractivity contribution in [2.45, 2.75) is 120 Å². The smallest absolute Gasteiger partial charge is 0.313 e. The highest BCUT2D eigenvalue weighted by Gasteiger charge is 2.76. The summed E-state index contributed by atoms with van der Waals surface area (Å²) >= 11 is 0. The van der Waals surface area contributed by atoms with Crippen molar-refractivity contribution in [1.82, 2.24) is 15.1 Å². The fourth-order valence-electron chi connectivity index (χ4n) is 9.04. The van der Waals surface area contributed by atoms with E-state index in [1.807, 2.05) is 49.1 Å². The Kier molecular flexibility index (Phi) is 13.1. The number of allylic oxidation sites excluding steroid dienone is 1. The van der Waals surface area contributed by atoms with E-state index < -0.39 is 53.7 Å². The molecule has 0 unspecified atom stereocenters. The maximum Gasteiger partial charge on any atom is 0.313 e. The van der Waals surface area contributed by atoms with Crippen molar-refractivity contribution in [3.63, 3.8) is 0 Å². The Hall–Kier alpha value is -3.54. The van der Waals surface area contributed by atoms with Gasteiger partial charge in [-0.15, -0.1) is 13.2 Å². The molecule has 4 fully saturated rings. The third kappa shape index (κ3) is 7.66. The van der Waals surface area contributed by atoms with E-state index in [1.54, 1.807) is 17.1 Å². The lowest BCUT2D eigenvalue weighted by atomic mass is 9.70. The lowest BCUT2D eigenvalue weighted by molar-refractivity contribution is -0.164. The molecule has 3 heterocycles. The molecule has 51 heavy (non-hydrogen) atoms. The predicted molar refractivity (Wildman–Crippen MR) is 192 cm³/mol. The summed E-state index contributed by atoms with van der Waals surface area (Å²) in [5, 5.41) is 13.7. The van der Waals surface area contributed by atoms with Crippen LogP contribution in [0.5, 0.6) is 0 Å². The van der Waals surface area contributed by atoms with E-state index in [2.05, 4.69) is 18.5 Å². The fourth-order valence-corrected chi connectivity index (χ4v) is 9.04. The zero-order chi connectivity index (χ0) is 36.7. The lowest BCUT2D eigenvalue weighted by Gasteiger charge is -2.43. The molecule has 11 nitrogen and oxygen atoms in total. The summed E-state index contributed by atoms with van der Waals surface area (Å²) in [5.41, 5.74) is -0.585. The number of nitrogens with zero attached hydrogens (tertiary/aromatic N) is 2. The quantitative estimate of drug-likeness (QED) is 0.168. The molecule has 1 spiro atoms. The maximum atomic E-state index is 15.0. The first kappa shape index (κ1) is 38.7. The molecule has 1 saturated carbocycles. The number of carbonyl (C=O) groups is 4. The minimum Gasteiger partial charge on any atom is -0.455 e. The number of hydrogen-bond acceptors (Lipinski definition) is 8. The molecule has 1 aromatic carbocycles. The Labute approximate surface area is 302 Å². The number of esters is 1. The van der Waals surface area contributed by atoms with E-state index in [-0.39, 0.29) is 49.3 Å². The number of ether oxygens (including phenoxy) is 3. The summed E-state index contributed by atoms with van der Waals surface area (Å²) in [4.78, 5) is 60.7. The Morgan fingerprint density at radius 2 is 1.86 bits per heavy atom. The Morgan fingerprint density at radius 3 is 2.49 bits per heavy atom. The van der Waals surface area contributed by atoms with E-state index in [0.717, 1.165) is 32.1 Å². The third-order valence-electron chi connectivity index (χ3n) is 11.7. The van der Waals surface area contributed by atoms with Crippen LogP contribution >= 0.6 is 0 Å². The third-order valence-corrected chi connectivity index (χ3v) is 11.7. The van der Waals surface area contributed by atoms with Gasteiger partial charge in [-0.2, -0.15) is 0 Å². The number of fused-ring (bicyclic) bond motifs is 1. The lowest BCUT2D eigenvalue weighted by Crippen LogP contribution is -2.61. The van der Waals surface area contributed by atoms with Gasteiger partial charge in [0, 0.05) is 26.1 Å². The van der Waals surface area contributed by atoms with E-state index in [0.29, 0.717) is 37.8 Å². The number of likely N-dealkylation sites (tertiary alicyclic amines) is 1. The van der Waals surface area contributed by atoms with Crippen molar-refractivity contribution in [2.24, 2.45) is 17.8 Å². The molecule has 0 radical (unpaired) electrons. The van der Waals surface area contributed by atoms with Gasteiger partial charge in [-0.1, -0.05) is 82.0 Å². The van der Waals surface area contributed by atoms with E-state index in [1.165, 1.54) is 7.11 Å². The van der Waals surface area contributed by atoms with Crippen LogP contribution in [0.15, 0.2) is 55.6 Å². The highest BCUT2D eigenvalue weighted by Crippen LogP contribution is 2.60. The van der Waals surface area contributed by atoms with E-state index >= 15 is 0 Å². The largest absolute Gasteiger partial charge is 0.455 e. The normalized spacial score (nSPS) is 28.0. The molecule has 2 N–H and O–H groups in total. The Balaban J connectivity index is 1.52. The number of hydrogen-bond donors (Lipinski definition) is 2. The van der Waals surface area contributed by atoms with Crippen LogP contribution in [-0.2, 0) is 33.4 Å². The molecular weight excluding hydrogens is 650 g/mol. The molecule has 9 atom stereocenters. The van der Waals surface area contributed by atoms with Crippen LogP contribution in [0, 0.1) is 17.8 Å². The van der Waals surface area contributed by atoms with Gasteiger partial charge in [0.2, 0.25) is 17.7 Å². The van der Waals surface area contributed by atoms with Gasteiger partial charge in [0.1, 0.15) is 17.7 Å². The first-order valence-electron chi connectivity index (χ1n) is 18.8. The van der Waals surface area contributed by atoms with Gasteiger partial charge < -0.3 is 34.4 Å². The van der Waals surface area contributed by atoms with Crippen molar-refractivity contribution >= 4 is 23.7 Å². The summed E-state index contributed by atoms with van der Waals surface area (Å²) in [6, 6.07) is 6.81. The summed E-state index contributed by atoms with van der Waals surface area (Å²) in [6.07, 6.45) is 9.05. The van der Waals surface area contributed by atoms with Gasteiger partial charge in [-0.25, -0.2) is 0 Å². The molecule has 3 saturated heterocycles. The van der Waals surface area contributed by atoms with Gasteiger partial charge in [0.15, 0.2) is 0 Å². The summed E-state index contributed by atoms with van der Waals surface area (Å²) in [7, 11) is 1.51. The monoisotopic (exact) mass is 707 g/mol. The van der Waals surface area contributed by atoms with Crippen LogP contribution in [0.25, 0.3) is 0 Å². The topological polar surface area (TPSA) is 135 Å². The van der Waals surface area contributed by atoms with Gasteiger partial charge in [0.25, 0.3) is 0 Å². The van der Waals surface area contributed by atoms with Crippen LogP contribution in [0.3, 0.4) is 0 Å². The standard InChI is InChI=1S/C40H57N3O8/c1-6-9-20-32(45)41-29(25-49-5)35(27-16-12-10-13-17-27)50-39(48)33-31-21-22-40(51-31)34(33)37(46)43(30(24-44)26(4)8-3)36(40)38(47)42(23-7-2)28-18-14-11-15-19-28/h6-7,10,12-13,16-17,26,28-31,33-36,44H,1-2,8-9,11,14-15,18-25H2,3-5H3,(H,41,45)/t26-,29+,30-,31+,33-,34-,35+,36+,40-/m0/s1. The molecule has 11 heteroatoms. The summed E-state index contributed by atoms with van der Waals surface area (Å²) in [6.45, 7) is 11.7. The molecule has 280 valence electrons. The van der Waals surface area contributed by atoms with Crippen molar-refractivity contribution in [3.05, 3.63) is 61.2 Å². The number of nitrogens with one attached hydrogen (secondary N) is 1. The second kappa shape index (κ2) is 17.3. The highest BCUT2D eigenvalue weighted by atomic mass is 16.6. The van der Waals surface area contributed by atoms with Crippen LogP contribution in [0.2, 0.25) is 0 Å². The van der Waals surface area contributed by atoms with E-state index in [4.69, 9.17) is 14.2 Å². The van der Waals surface area contributed by atoms with Gasteiger partial charge in [0.05, 0.1) is 43.2 Å². The number of benzene rings is 1. The van der Waals surface area contributed by atoms with Crippen molar-refractivity contribution < 1.29 is 38.5 Å². The van der Waals surface area contributed by atoms with Crippen LogP contribution < -0.4 is 5.32 Å². The average molecular weight is 708 g/mol. The number of methoxy groups -OCH3 is 1.